The highest BCUT2D eigenvalue weighted by Crippen LogP contribution is 2.17. The normalized spacial score (nSPS) is 14.1. The van der Waals surface area contributed by atoms with Crippen molar-refractivity contribution < 1.29 is 9.90 Å². The van der Waals surface area contributed by atoms with E-state index in [2.05, 4.69) is 13.5 Å². The highest BCUT2D eigenvalue weighted by molar-refractivity contribution is 5.75. The van der Waals surface area contributed by atoms with Crippen LogP contribution >= 0.6 is 0 Å². The molecule has 86 valence electrons. The van der Waals surface area contributed by atoms with Gasteiger partial charge in [0.25, 0.3) is 0 Å². The van der Waals surface area contributed by atoms with E-state index in [1.807, 2.05) is 30.3 Å². The number of rotatable bonds is 5. The largest absolute Gasteiger partial charge is 0.481 e. The summed E-state index contributed by atoms with van der Waals surface area (Å²) in [7, 11) is 0. The van der Waals surface area contributed by atoms with Gasteiger partial charge in [-0.15, -0.1) is 6.58 Å². The molecule has 2 nitrogen and oxygen atoms in total. The molecule has 0 aliphatic heterocycles. The Morgan fingerprint density at radius 3 is 2.38 bits per heavy atom. The van der Waals surface area contributed by atoms with Gasteiger partial charge < -0.3 is 5.11 Å². The summed E-state index contributed by atoms with van der Waals surface area (Å²) in [6.07, 6.45) is 2.87. The summed E-state index contributed by atoms with van der Waals surface area (Å²) in [5, 5.41) is 8.87. The average Bonchev–Trinajstić information content (AvgIpc) is 2.28. The second-order valence-electron chi connectivity index (χ2n) is 4.22. The predicted octanol–water partition coefficient (Wildman–Crippen LogP) is 3.24. The number of benzene rings is 1. The van der Waals surface area contributed by atoms with Crippen LogP contribution in [-0.4, -0.2) is 11.1 Å². The van der Waals surface area contributed by atoms with E-state index in [0.29, 0.717) is 5.92 Å². The SMILES string of the molecule is C=CC(C)Cc1ccc(C(C)C(=O)O)cc1. The first kappa shape index (κ1) is 12.5. The van der Waals surface area contributed by atoms with Crippen LogP contribution < -0.4 is 0 Å². The lowest BCUT2D eigenvalue weighted by Crippen LogP contribution is -2.07. The Hall–Kier alpha value is -1.57. The molecule has 0 fully saturated rings. The molecular formula is C14H18O2. The molecule has 2 unspecified atom stereocenters. The maximum Gasteiger partial charge on any atom is 0.310 e. The van der Waals surface area contributed by atoms with E-state index in [4.69, 9.17) is 5.11 Å². The quantitative estimate of drug-likeness (QED) is 0.770. The van der Waals surface area contributed by atoms with Gasteiger partial charge in [0.05, 0.1) is 5.92 Å². The first-order chi connectivity index (χ1) is 7.54. The van der Waals surface area contributed by atoms with Crippen molar-refractivity contribution in [3.8, 4) is 0 Å². The van der Waals surface area contributed by atoms with Crippen LogP contribution in [-0.2, 0) is 11.2 Å². The van der Waals surface area contributed by atoms with Crippen LogP contribution in [0.5, 0.6) is 0 Å². The zero-order chi connectivity index (χ0) is 12.1. The Morgan fingerprint density at radius 1 is 1.38 bits per heavy atom. The standard InChI is InChI=1S/C14H18O2/c1-4-10(2)9-12-5-7-13(8-6-12)11(3)14(15)16/h4-8,10-11H,1,9H2,2-3H3,(H,15,16). The molecule has 1 rings (SSSR count). The van der Waals surface area contributed by atoms with Crippen LogP contribution in [0, 0.1) is 5.92 Å². The van der Waals surface area contributed by atoms with Gasteiger partial charge in [-0.1, -0.05) is 37.3 Å². The van der Waals surface area contributed by atoms with Crippen molar-refractivity contribution in [2.24, 2.45) is 5.92 Å². The number of carboxylic acid groups (broad SMARTS) is 1. The molecule has 2 heteroatoms. The maximum atomic E-state index is 10.8. The summed E-state index contributed by atoms with van der Waals surface area (Å²) in [6.45, 7) is 7.56. The smallest absolute Gasteiger partial charge is 0.310 e. The van der Waals surface area contributed by atoms with Crippen LogP contribution in [0.25, 0.3) is 0 Å². The summed E-state index contributed by atoms with van der Waals surface area (Å²) in [4.78, 5) is 10.8. The van der Waals surface area contributed by atoms with Crippen molar-refractivity contribution in [1.82, 2.24) is 0 Å². The minimum absolute atomic E-state index is 0.439. The zero-order valence-electron chi connectivity index (χ0n) is 9.81. The highest BCUT2D eigenvalue weighted by Gasteiger charge is 2.12. The van der Waals surface area contributed by atoms with Gasteiger partial charge >= 0.3 is 5.97 Å². The van der Waals surface area contributed by atoms with Crippen molar-refractivity contribution in [1.29, 1.82) is 0 Å². The molecule has 1 aromatic rings. The molecule has 0 saturated heterocycles. The topological polar surface area (TPSA) is 37.3 Å². The Kier molecular flexibility index (Phi) is 4.29. The second-order valence-corrected chi connectivity index (χ2v) is 4.22. The van der Waals surface area contributed by atoms with Gasteiger partial charge in [-0.05, 0) is 30.4 Å². The molecule has 0 amide bonds. The predicted molar refractivity (Wildman–Crippen MR) is 65.6 cm³/mol. The van der Waals surface area contributed by atoms with Crippen LogP contribution in [0.1, 0.15) is 30.9 Å². The van der Waals surface area contributed by atoms with Crippen LogP contribution in [0.3, 0.4) is 0 Å². The first-order valence-electron chi connectivity index (χ1n) is 5.48. The van der Waals surface area contributed by atoms with E-state index in [-0.39, 0.29) is 0 Å². The Morgan fingerprint density at radius 2 is 1.94 bits per heavy atom. The number of aliphatic carboxylic acids is 1. The fourth-order valence-electron chi connectivity index (χ4n) is 1.54. The summed E-state index contributed by atoms with van der Waals surface area (Å²) < 4.78 is 0. The lowest BCUT2D eigenvalue weighted by molar-refractivity contribution is -0.138. The Labute approximate surface area is 96.6 Å². The van der Waals surface area contributed by atoms with Crippen molar-refractivity contribution in [2.75, 3.05) is 0 Å². The van der Waals surface area contributed by atoms with Crippen molar-refractivity contribution in [3.63, 3.8) is 0 Å². The van der Waals surface area contributed by atoms with E-state index in [0.717, 1.165) is 12.0 Å². The molecule has 0 spiro atoms. The van der Waals surface area contributed by atoms with Crippen LogP contribution in [0.4, 0.5) is 0 Å². The van der Waals surface area contributed by atoms with Gasteiger partial charge in [-0.3, -0.25) is 4.79 Å². The lowest BCUT2D eigenvalue weighted by atomic mass is 9.96. The van der Waals surface area contributed by atoms with Crippen molar-refractivity contribution in [3.05, 3.63) is 48.0 Å². The van der Waals surface area contributed by atoms with Gasteiger partial charge in [0.1, 0.15) is 0 Å². The van der Waals surface area contributed by atoms with Crippen LogP contribution in [0.2, 0.25) is 0 Å². The molecule has 2 atom stereocenters. The molecule has 0 saturated carbocycles. The molecule has 1 aromatic carbocycles. The molecule has 0 bridgehead atoms. The summed E-state index contributed by atoms with van der Waals surface area (Å²) in [5.74, 6) is -0.777. The fourth-order valence-corrected chi connectivity index (χ4v) is 1.54. The van der Waals surface area contributed by atoms with Crippen molar-refractivity contribution in [2.45, 2.75) is 26.2 Å². The summed E-state index contributed by atoms with van der Waals surface area (Å²) in [5.41, 5.74) is 2.07. The number of hydrogen-bond donors (Lipinski definition) is 1. The highest BCUT2D eigenvalue weighted by atomic mass is 16.4. The minimum atomic E-state index is -0.785. The summed E-state index contributed by atoms with van der Waals surface area (Å²) in [6, 6.07) is 7.78. The third-order valence-corrected chi connectivity index (χ3v) is 2.81. The molecule has 1 N–H and O–H groups in total. The van der Waals surface area contributed by atoms with Gasteiger partial charge in [0.2, 0.25) is 0 Å². The molecule has 0 aliphatic carbocycles. The third kappa shape index (κ3) is 3.23. The second kappa shape index (κ2) is 5.50. The Bertz CT molecular complexity index is 365. The van der Waals surface area contributed by atoms with E-state index in [1.165, 1.54) is 5.56 Å². The fraction of sp³-hybridized carbons (Fsp3) is 0.357. The number of hydrogen-bond acceptors (Lipinski definition) is 1. The first-order valence-corrected chi connectivity index (χ1v) is 5.48. The third-order valence-electron chi connectivity index (χ3n) is 2.81. The number of carboxylic acids is 1. The number of carbonyl (C=O) groups is 1. The van der Waals surface area contributed by atoms with E-state index < -0.39 is 11.9 Å². The van der Waals surface area contributed by atoms with Crippen molar-refractivity contribution >= 4 is 5.97 Å². The zero-order valence-corrected chi connectivity index (χ0v) is 9.81. The van der Waals surface area contributed by atoms with Crippen LogP contribution in [0.15, 0.2) is 36.9 Å². The van der Waals surface area contributed by atoms with Gasteiger partial charge in [0, 0.05) is 0 Å². The van der Waals surface area contributed by atoms with E-state index >= 15 is 0 Å². The molecule has 0 aliphatic rings. The maximum absolute atomic E-state index is 10.8. The molecule has 16 heavy (non-hydrogen) atoms. The van der Waals surface area contributed by atoms with E-state index in [9.17, 15) is 4.79 Å². The average molecular weight is 218 g/mol. The molecular weight excluding hydrogens is 200 g/mol. The monoisotopic (exact) mass is 218 g/mol. The van der Waals surface area contributed by atoms with Gasteiger partial charge in [0.15, 0.2) is 0 Å². The minimum Gasteiger partial charge on any atom is -0.481 e. The van der Waals surface area contributed by atoms with Gasteiger partial charge in [-0.25, -0.2) is 0 Å². The molecule has 0 radical (unpaired) electrons. The molecule has 0 heterocycles. The van der Waals surface area contributed by atoms with E-state index in [1.54, 1.807) is 6.92 Å². The lowest BCUT2D eigenvalue weighted by Gasteiger charge is -2.09. The number of allylic oxidation sites excluding steroid dienone is 1. The van der Waals surface area contributed by atoms with Gasteiger partial charge in [-0.2, -0.15) is 0 Å². The summed E-state index contributed by atoms with van der Waals surface area (Å²) >= 11 is 0. The Balaban J connectivity index is 2.75. The molecule has 0 aromatic heterocycles.